The molecule has 1 atom stereocenters. The van der Waals surface area contributed by atoms with Crippen LogP contribution in [-0.2, 0) is 9.53 Å². The predicted octanol–water partition coefficient (Wildman–Crippen LogP) is 2.02. The number of anilines is 2. The second-order valence-corrected chi connectivity index (χ2v) is 5.57. The lowest BCUT2D eigenvalue weighted by Crippen LogP contribution is -2.25. The topological polar surface area (TPSA) is 58.6 Å². The molecule has 1 fully saturated rings. The smallest absolute Gasteiger partial charge is 0.337 e. The van der Waals surface area contributed by atoms with Gasteiger partial charge in [0.2, 0.25) is 5.91 Å². The Hall–Kier alpha value is -1.56. The number of alkyl halides is 1. The van der Waals surface area contributed by atoms with Crippen LogP contribution < -0.4 is 10.2 Å². The molecule has 1 aliphatic heterocycles. The van der Waals surface area contributed by atoms with Crippen molar-refractivity contribution < 1.29 is 14.3 Å². The van der Waals surface area contributed by atoms with E-state index >= 15 is 0 Å². The molecule has 1 unspecified atom stereocenters. The third-order valence-electron chi connectivity index (χ3n) is 3.06. The number of amides is 1. The van der Waals surface area contributed by atoms with Crippen molar-refractivity contribution in [3.63, 3.8) is 0 Å². The summed E-state index contributed by atoms with van der Waals surface area (Å²) in [5, 5.41) is 3.03. The van der Waals surface area contributed by atoms with Gasteiger partial charge in [0.25, 0.3) is 0 Å². The Kier molecular flexibility index (Phi) is 4.09. The second-order valence-electron chi connectivity index (χ2n) is 4.28. The van der Waals surface area contributed by atoms with Crippen molar-refractivity contribution in [1.82, 2.24) is 0 Å². The fraction of sp³-hybridized carbons (Fsp3) is 0.385. The van der Waals surface area contributed by atoms with Crippen molar-refractivity contribution in [3.05, 3.63) is 23.8 Å². The number of nitrogens with one attached hydrogen (secondary N) is 1. The predicted molar refractivity (Wildman–Crippen MR) is 77.0 cm³/mol. The van der Waals surface area contributed by atoms with E-state index in [-0.39, 0.29) is 10.7 Å². The van der Waals surface area contributed by atoms with Gasteiger partial charge >= 0.3 is 5.97 Å². The molecule has 0 saturated carbocycles. The summed E-state index contributed by atoms with van der Waals surface area (Å²) in [6.07, 6.45) is 0.464. The SMILES string of the molecule is CNc1ccc(C(=O)OC)cc1N1CC(Br)CC1=O. The molecular weight excluding hydrogens is 312 g/mol. The highest BCUT2D eigenvalue weighted by Gasteiger charge is 2.30. The van der Waals surface area contributed by atoms with Crippen LogP contribution in [0.4, 0.5) is 11.4 Å². The molecule has 2 rings (SSSR count). The van der Waals surface area contributed by atoms with Crippen LogP contribution in [0.25, 0.3) is 0 Å². The third kappa shape index (κ3) is 2.73. The first-order chi connectivity index (χ1) is 9.06. The van der Waals surface area contributed by atoms with Crippen LogP contribution in [0.3, 0.4) is 0 Å². The summed E-state index contributed by atoms with van der Waals surface area (Å²) >= 11 is 3.45. The maximum absolute atomic E-state index is 12.0. The molecular formula is C13H15BrN2O3. The van der Waals surface area contributed by atoms with Crippen LogP contribution >= 0.6 is 15.9 Å². The molecule has 1 aliphatic rings. The minimum Gasteiger partial charge on any atom is -0.465 e. The lowest BCUT2D eigenvalue weighted by atomic mass is 10.1. The van der Waals surface area contributed by atoms with Gasteiger partial charge in [-0.15, -0.1) is 0 Å². The number of rotatable bonds is 3. The lowest BCUT2D eigenvalue weighted by molar-refractivity contribution is -0.117. The van der Waals surface area contributed by atoms with Crippen LogP contribution in [0.5, 0.6) is 0 Å². The van der Waals surface area contributed by atoms with Gasteiger partial charge in [-0.1, -0.05) is 15.9 Å². The molecule has 0 bridgehead atoms. The summed E-state index contributed by atoms with van der Waals surface area (Å²) in [5.41, 5.74) is 1.95. The zero-order valence-corrected chi connectivity index (χ0v) is 12.4. The van der Waals surface area contributed by atoms with Crippen LogP contribution in [-0.4, -0.2) is 37.4 Å². The van der Waals surface area contributed by atoms with Gasteiger partial charge in [-0.05, 0) is 18.2 Å². The van der Waals surface area contributed by atoms with Gasteiger partial charge in [0.1, 0.15) is 0 Å². The first-order valence-corrected chi connectivity index (χ1v) is 6.83. The third-order valence-corrected chi connectivity index (χ3v) is 3.67. The van der Waals surface area contributed by atoms with Gasteiger partial charge in [0, 0.05) is 24.8 Å². The molecule has 19 heavy (non-hydrogen) atoms. The Bertz CT molecular complexity index is 519. The van der Waals surface area contributed by atoms with Gasteiger partial charge in [-0.25, -0.2) is 4.79 Å². The van der Waals surface area contributed by atoms with E-state index in [1.54, 1.807) is 30.1 Å². The number of hydrogen-bond donors (Lipinski definition) is 1. The zero-order valence-electron chi connectivity index (χ0n) is 10.8. The molecule has 0 aromatic heterocycles. The summed E-state index contributed by atoms with van der Waals surface area (Å²) in [6.45, 7) is 0.595. The maximum atomic E-state index is 12.0. The van der Waals surface area contributed by atoms with Crippen molar-refractivity contribution >= 4 is 39.2 Å². The van der Waals surface area contributed by atoms with Gasteiger partial charge in [-0.3, -0.25) is 4.79 Å². The minimum atomic E-state index is -0.411. The van der Waals surface area contributed by atoms with Crippen LogP contribution in [0.15, 0.2) is 18.2 Å². The van der Waals surface area contributed by atoms with E-state index in [2.05, 4.69) is 21.2 Å². The number of methoxy groups -OCH3 is 1. The van der Waals surface area contributed by atoms with E-state index in [0.717, 1.165) is 5.69 Å². The first kappa shape index (κ1) is 13.9. The van der Waals surface area contributed by atoms with Crippen LogP contribution in [0.1, 0.15) is 16.8 Å². The molecule has 6 heteroatoms. The normalized spacial score (nSPS) is 18.6. The number of esters is 1. The Balaban J connectivity index is 2.42. The van der Waals surface area contributed by atoms with Crippen molar-refractivity contribution in [2.45, 2.75) is 11.2 Å². The second kappa shape index (κ2) is 5.61. The molecule has 0 radical (unpaired) electrons. The Labute approximate surface area is 120 Å². The van der Waals surface area contributed by atoms with E-state index in [4.69, 9.17) is 4.74 Å². The molecule has 1 aromatic carbocycles. The van der Waals surface area contributed by atoms with Crippen LogP contribution in [0, 0.1) is 0 Å². The Morgan fingerprint density at radius 1 is 1.53 bits per heavy atom. The number of nitrogens with zero attached hydrogens (tertiary/aromatic N) is 1. The lowest BCUT2D eigenvalue weighted by Gasteiger charge is -2.20. The number of ether oxygens (including phenoxy) is 1. The molecule has 1 N–H and O–H groups in total. The van der Waals surface area contributed by atoms with Gasteiger partial charge in [0.15, 0.2) is 0 Å². The molecule has 0 aliphatic carbocycles. The fourth-order valence-corrected chi connectivity index (χ4v) is 2.67. The molecule has 1 aromatic rings. The summed E-state index contributed by atoms with van der Waals surface area (Å²) in [5.74, 6) is -0.369. The monoisotopic (exact) mass is 326 g/mol. The summed E-state index contributed by atoms with van der Waals surface area (Å²) < 4.78 is 4.70. The largest absolute Gasteiger partial charge is 0.465 e. The van der Waals surface area contributed by atoms with Gasteiger partial charge in [-0.2, -0.15) is 0 Å². The average Bonchev–Trinajstić information content (AvgIpc) is 2.76. The Morgan fingerprint density at radius 2 is 2.26 bits per heavy atom. The number of halogens is 1. The standard InChI is InChI=1S/C13H15BrN2O3/c1-15-10-4-3-8(13(18)19-2)5-11(10)16-7-9(14)6-12(16)17/h3-5,9,15H,6-7H2,1-2H3. The molecule has 0 spiro atoms. The van der Waals surface area contributed by atoms with Crippen molar-refractivity contribution in [1.29, 1.82) is 0 Å². The van der Waals surface area contributed by atoms with E-state index in [9.17, 15) is 9.59 Å². The first-order valence-electron chi connectivity index (χ1n) is 5.91. The molecule has 1 amide bonds. The van der Waals surface area contributed by atoms with Crippen molar-refractivity contribution in [3.8, 4) is 0 Å². The average molecular weight is 327 g/mol. The van der Waals surface area contributed by atoms with Gasteiger partial charge in [0.05, 0.1) is 24.0 Å². The van der Waals surface area contributed by atoms with Crippen molar-refractivity contribution in [2.75, 3.05) is 30.9 Å². The molecule has 5 nitrogen and oxygen atoms in total. The van der Waals surface area contributed by atoms with Crippen LogP contribution in [0.2, 0.25) is 0 Å². The summed E-state index contributed by atoms with van der Waals surface area (Å²) in [7, 11) is 3.12. The highest BCUT2D eigenvalue weighted by Crippen LogP contribution is 2.32. The number of carbonyl (C=O) groups excluding carboxylic acids is 2. The molecule has 1 heterocycles. The molecule has 1 saturated heterocycles. The number of hydrogen-bond acceptors (Lipinski definition) is 4. The maximum Gasteiger partial charge on any atom is 0.337 e. The fourth-order valence-electron chi connectivity index (χ4n) is 2.11. The highest BCUT2D eigenvalue weighted by atomic mass is 79.9. The zero-order chi connectivity index (χ0) is 14.0. The van der Waals surface area contributed by atoms with Gasteiger partial charge < -0.3 is 15.0 Å². The van der Waals surface area contributed by atoms with Crippen molar-refractivity contribution in [2.24, 2.45) is 0 Å². The van der Waals surface area contributed by atoms with E-state index in [0.29, 0.717) is 24.2 Å². The number of benzene rings is 1. The summed E-state index contributed by atoms with van der Waals surface area (Å²) in [4.78, 5) is 25.3. The quantitative estimate of drug-likeness (QED) is 0.682. The number of carbonyl (C=O) groups is 2. The minimum absolute atomic E-state index is 0.0420. The van der Waals surface area contributed by atoms with E-state index in [1.807, 2.05) is 0 Å². The highest BCUT2D eigenvalue weighted by molar-refractivity contribution is 9.09. The summed E-state index contributed by atoms with van der Waals surface area (Å²) in [6, 6.07) is 5.13. The molecule has 102 valence electrons. The Morgan fingerprint density at radius 3 is 2.79 bits per heavy atom. The van der Waals surface area contributed by atoms with E-state index < -0.39 is 5.97 Å². The van der Waals surface area contributed by atoms with E-state index in [1.165, 1.54) is 7.11 Å².